The number of hydrogen-bond donors (Lipinski definition) is 1. The quantitative estimate of drug-likeness (QED) is 0.270. The minimum atomic E-state index is -0.799. The zero-order chi connectivity index (χ0) is 25.8. The summed E-state index contributed by atoms with van der Waals surface area (Å²) in [6.45, 7) is 4.07. The molecule has 0 radical (unpaired) electrons. The normalized spacial score (nSPS) is 16.9. The maximum Gasteiger partial charge on any atom is 0.295 e. The molecule has 0 saturated carbocycles. The molecular formula is C29H29NO6. The van der Waals surface area contributed by atoms with E-state index in [1.54, 1.807) is 55.6 Å². The van der Waals surface area contributed by atoms with Gasteiger partial charge in [0.1, 0.15) is 23.0 Å². The Labute approximate surface area is 210 Å². The van der Waals surface area contributed by atoms with Crippen LogP contribution in [-0.2, 0) is 16.1 Å². The molecule has 1 amide bonds. The Hall–Kier alpha value is -4.26. The second kappa shape index (κ2) is 10.6. The molecule has 7 nitrogen and oxygen atoms in total. The molecule has 0 aliphatic carbocycles. The van der Waals surface area contributed by atoms with Crippen molar-refractivity contribution in [1.82, 2.24) is 4.90 Å². The Balaban J connectivity index is 1.80. The summed E-state index contributed by atoms with van der Waals surface area (Å²) in [6, 6.07) is 20.5. The van der Waals surface area contributed by atoms with Crippen molar-refractivity contribution >= 4 is 17.4 Å². The van der Waals surface area contributed by atoms with Gasteiger partial charge in [0.05, 0.1) is 37.5 Å². The van der Waals surface area contributed by atoms with Gasteiger partial charge in [-0.25, -0.2) is 0 Å². The molecule has 1 atom stereocenters. The monoisotopic (exact) mass is 487 g/mol. The van der Waals surface area contributed by atoms with Gasteiger partial charge < -0.3 is 24.2 Å². The molecule has 1 saturated heterocycles. The van der Waals surface area contributed by atoms with Crippen LogP contribution in [0.25, 0.3) is 5.76 Å². The second-order valence-electron chi connectivity index (χ2n) is 8.71. The van der Waals surface area contributed by atoms with Gasteiger partial charge in [-0.3, -0.25) is 9.59 Å². The average molecular weight is 488 g/mol. The summed E-state index contributed by atoms with van der Waals surface area (Å²) >= 11 is 0. The van der Waals surface area contributed by atoms with Crippen LogP contribution in [0.2, 0.25) is 0 Å². The number of carbonyl (C=O) groups excluding carboxylic acids is 2. The maximum absolute atomic E-state index is 13.3. The van der Waals surface area contributed by atoms with Gasteiger partial charge in [-0.05, 0) is 61.4 Å². The topological polar surface area (TPSA) is 85.3 Å². The number of ether oxygens (including phenoxy) is 3. The van der Waals surface area contributed by atoms with E-state index in [0.717, 1.165) is 11.3 Å². The molecule has 3 aromatic rings. The molecule has 1 heterocycles. The van der Waals surface area contributed by atoms with Crippen LogP contribution in [0.3, 0.4) is 0 Å². The van der Waals surface area contributed by atoms with Crippen LogP contribution in [0.15, 0.2) is 78.4 Å². The smallest absolute Gasteiger partial charge is 0.295 e. The van der Waals surface area contributed by atoms with Crippen molar-refractivity contribution in [1.29, 1.82) is 0 Å². The molecule has 186 valence electrons. The first kappa shape index (κ1) is 24.9. The highest BCUT2D eigenvalue weighted by Crippen LogP contribution is 2.42. The molecule has 0 bridgehead atoms. The number of aliphatic hydroxyl groups excluding tert-OH is 1. The van der Waals surface area contributed by atoms with E-state index < -0.39 is 17.7 Å². The lowest BCUT2D eigenvalue weighted by Gasteiger charge is -2.26. The number of carbonyl (C=O) groups is 2. The number of rotatable bonds is 8. The first-order valence-corrected chi connectivity index (χ1v) is 11.7. The van der Waals surface area contributed by atoms with Crippen LogP contribution in [0, 0.1) is 0 Å². The summed E-state index contributed by atoms with van der Waals surface area (Å²) in [5, 5.41) is 11.3. The summed E-state index contributed by atoms with van der Waals surface area (Å²) in [7, 11) is 3.05. The lowest BCUT2D eigenvalue weighted by atomic mass is 9.94. The summed E-state index contributed by atoms with van der Waals surface area (Å²) in [6.07, 6.45) is 0.0405. The van der Waals surface area contributed by atoms with Gasteiger partial charge in [0.2, 0.25) is 0 Å². The lowest BCUT2D eigenvalue weighted by Crippen LogP contribution is -2.29. The molecule has 36 heavy (non-hydrogen) atoms. The number of ketones is 1. The molecule has 1 fully saturated rings. The van der Waals surface area contributed by atoms with Gasteiger partial charge >= 0.3 is 0 Å². The van der Waals surface area contributed by atoms with E-state index in [0.29, 0.717) is 22.6 Å². The molecule has 1 unspecified atom stereocenters. The predicted molar refractivity (Wildman–Crippen MR) is 136 cm³/mol. The van der Waals surface area contributed by atoms with Crippen LogP contribution in [0.5, 0.6) is 17.2 Å². The van der Waals surface area contributed by atoms with Crippen molar-refractivity contribution in [3.63, 3.8) is 0 Å². The molecule has 7 heteroatoms. The molecule has 0 spiro atoms. The Bertz CT molecular complexity index is 1280. The van der Waals surface area contributed by atoms with Crippen LogP contribution >= 0.6 is 0 Å². The van der Waals surface area contributed by atoms with Crippen molar-refractivity contribution in [2.75, 3.05) is 14.2 Å². The fourth-order valence-corrected chi connectivity index (χ4v) is 4.30. The molecule has 0 aromatic heterocycles. The number of hydrogen-bond acceptors (Lipinski definition) is 6. The lowest BCUT2D eigenvalue weighted by molar-refractivity contribution is -0.140. The fourth-order valence-electron chi connectivity index (χ4n) is 4.30. The largest absolute Gasteiger partial charge is 0.507 e. The summed E-state index contributed by atoms with van der Waals surface area (Å²) in [5.41, 5.74) is 1.84. The molecule has 3 aromatic carbocycles. The third-order valence-corrected chi connectivity index (χ3v) is 5.98. The molecular weight excluding hydrogens is 458 g/mol. The zero-order valence-corrected chi connectivity index (χ0v) is 20.7. The van der Waals surface area contributed by atoms with Gasteiger partial charge in [-0.2, -0.15) is 0 Å². The maximum atomic E-state index is 13.3. The SMILES string of the molecule is COc1ccc(C2/C(=C(/O)c3ccccc3OC)C(=O)C(=O)N2Cc2ccc(OC(C)C)cc2)cc1. The van der Waals surface area contributed by atoms with E-state index in [9.17, 15) is 14.7 Å². The van der Waals surface area contributed by atoms with Gasteiger partial charge in [-0.1, -0.05) is 36.4 Å². The molecule has 1 aliphatic heterocycles. The summed E-state index contributed by atoms with van der Waals surface area (Å²) in [4.78, 5) is 28.1. The van der Waals surface area contributed by atoms with Gasteiger partial charge in [-0.15, -0.1) is 0 Å². The number of benzene rings is 3. The Morgan fingerprint density at radius 1 is 0.889 bits per heavy atom. The van der Waals surface area contributed by atoms with Crippen LogP contribution in [0.4, 0.5) is 0 Å². The van der Waals surface area contributed by atoms with Gasteiger partial charge in [0.25, 0.3) is 11.7 Å². The van der Waals surface area contributed by atoms with Crippen LogP contribution < -0.4 is 14.2 Å². The van der Waals surface area contributed by atoms with Crippen LogP contribution in [-0.4, -0.2) is 42.0 Å². The number of aliphatic hydroxyl groups is 1. The number of amides is 1. The number of Topliss-reactive ketones (excluding diaryl/α,β-unsaturated/α-hetero) is 1. The average Bonchev–Trinajstić information content (AvgIpc) is 3.14. The van der Waals surface area contributed by atoms with Crippen molar-refractivity contribution in [2.24, 2.45) is 0 Å². The number of para-hydroxylation sites is 1. The van der Waals surface area contributed by atoms with E-state index in [1.807, 2.05) is 38.1 Å². The van der Waals surface area contributed by atoms with E-state index in [-0.39, 0.29) is 24.0 Å². The minimum absolute atomic E-state index is 0.00873. The van der Waals surface area contributed by atoms with E-state index in [4.69, 9.17) is 14.2 Å². The first-order chi connectivity index (χ1) is 17.3. The van der Waals surface area contributed by atoms with E-state index >= 15 is 0 Å². The second-order valence-corrected chi connectivity index (χ2v) is 8.71. The van der Waals surface area contributed by atoms with Gasteiger partial charge in [0.15, 0.2) is 0 Å². The predicted octanol–water partition coefficient (Wildman–Crippen LogP) is 5.11. The van der Waals surface area contributed by atoms with Crippen molar-refractivity contribution in [2.45, 2.75) is 32.5 Å². The number of nitrogens with zero attached hydrogens (tertiary/aromatic N) is 1. The first-order valence-electron chi connectivity index (χ1n) is 11.7. The van der Waals surface area contributed by atoms with Gasteiger partial charge in [0, 0.05) is 6.54 Å². The number of likely N-dealkylation sites (tertiary alicyclic amines) is 1. The highest BCUT2D eigenvalue weighted by molar-refractivity contribution is 6.46. The highest BCUT2D eigenvalue weighted by atomic mass is 16.5. The summed E-state index contributed by atoms with van der Waals surface area (Å²) in [5.74, 6) is 0.0406. The van der Waals surface area contributed by atoms with Crippen LogP contribution in [0.1, 0.15) is 36.6 Å². The Morgan fingerprint density at radius 3 is 2.14 bits per heavy atom. The standard InChI is InChI=1S/C29H29NO6/c1-18(2)36-22-13-9-19(10-14-22)17-30-26(20-11-15-21(34-3)16-12-20)25(28(32)29(30)33)27(31)23-7-5-6-8-24(23)35-4/h5-16,18,26,31H,17H2,1-4H3/b27-25-. The highest BCUT2D eigenvalue weighted by Gasteiger charge is 2.46. The third kappa shape index (κ3) is 4.91. The Morgan fingerprint density at radius 2 is 1.53 bits per heavy atom. The van der Waals surface area contributed by atoms with E-state index in [2.05, 4.69) is 0 Å². The van der Waals surface area contributed by atoms with E-state index in [1.165, 1.54) is 12.0 Å². The van der Waals surface area contributed by atoms with Crippen molar-refractivity contribution < 1.29 is 28.9 Å². The minimum Gasteiger partial charge on any atom is -0.507 e. The molecule has 1 aliphatic rings. The molecule has 4 rings (SSSR count). The Kier molecular flexibility index (Phi) is 7.29. The molecule has 1 N–H and O–H groups in total. The zero-order valence-electron chi connectivity index (χ0n) is 20.7. The van der Waals surface area contributed by atoms with Crippen molar-refractivity contribution in [3.05, 3.63) is 95.1 Å². The number of methoxy groups -OCH3 is 2. The van der Waals surface area contributed by atoms with Crippen molar-refractivity contribution in [3.8, 4) is 17.2 Å². The summed E-state index contributed by atoms with van der Waals surface area (Å²) < 4.78 is 16.4. The third-order valence-electron chi connectivity index (χ3n) is 5.98. The fraction of sp³-hybridized carbons (Fsp3) is 0.241.